The molecule has 0 saturated carbocycles. The number of carbonyl (C=O) groups is 2. The number of ether oxygens (including phenoxy) is 1. The molecule has 136 valence electrons. The van der Waals surface area contributed by atoms with Crippen molar-refractivity contribution in [3.05, 3.63) is 35.9 Å². The fourth-order valence-electron chi connectivity index (χ4n) is 3.48. The molecule has 0 radical (unpaired) electrons. The van der Waals surface area contributed by atoms with Crippen molar-refractivity contribution >= 4 is 11.8 Å². The number of rotatable bonds is 5. The molecular formula is C19H27N3O3. The molecule has 2 saturated heterocycles. The lowest BCUT2D eigenvalue weighted by Crippen LogP contribution is -2.57. The van der Waals surface area contributed by atoms with E-state index in [1.165, 1.54) is 5.56 Å². The Labute approximate surface area is 148 Å². The topological polar surface area (TPSA) is 70.7 Å². The molecule has 1 aromatic carbocycles. The van der Waals surface area contributed by atoms with Crippen LogP contribution in [0.15, 0.2) is 30.3 Å². The zero-order chi connectivity index (χ0) is 17.6. The van der Waals surface area contributed by atoms with Gasteiger partial charge in [-0.2, -0.15) is 0 Å². The number of nitrogens with one attached hydrogen (secondary N) is 2. The minimum absolute atomic E-state index is 0.0316. The van der Waals surface area contributed by atoms with Gasteiger partial charge in [0.05, 0.1) is 12.7 Å². The first-order valence-corrected chi connectivity index (χ1v) is 9.10. The highest BCUT2D eigenvalue weighted by Gasteiger charge is 2.32. The monoisotopic (exact) mass is 345 g/mol. The van der Waals surface area contributed by atoms with Crippen LogP contribution in [0.5, 0.6) is 0 Å². The zero-order valence-electron chi connectivity index (χ0n) is 14.7. The van der Waals surface area contributed by atoms with Crippen molar-refractivity contribution in [1.29, 1.82) is 0 Å². The molecule has 0 aliphatic carbocycles. The smallest absolute Gasteiger partial charge is 0.240 e. The van der Waals surface area contributed by atoms with Crippen LogP contribution in [-0.4, -0.2) is 61.1 Å². The molecule has 6 nitrogen and oxygen atoms in total. The lowest BCUT2D eigenvalue weighted by molar-refractivity contribution is -0.132. The first-order chi connectivity index (χ1) is 12.1. The quantitative estimate of drug-likeness (QED) is 0.825. The summed E-state index contributed by atoms with van der Waals surface area (Å²) in [6.45, 7) is 4.55. The van der Waals surface area contributed by atoms with Crippen LogP contribution in [0, 0.1) is 0 Å². The number of aryl methyl sites for hydroxylation is 1. The number of carbonyl (C=O) groups excluding carboxylic acids is 2. The third-order valence-corrected chi connectivity index (χ3v) is 4.96. The van der Waals surface area contributed by atoms with Crippen LogP contribution in [-0.2, 0) is 20.7 Å². The summed E-state index contributed by atoms with van der Waals surface area (Å²) in [6, 6.07) is 9.77. The van der Waals surface area contributed by atoms with Gasteiger partial charge in [-0.25, -0.2) is 0 Å². The maximum Gasteiger partial charge on any atom is 0.240 e. The highest BCUT2D eigenvalue weighted by Crippen LogP contribution is 2.13. The van der Waals surface area contributed by atoms with E-state index >= 15 is 0 Å². The molecule has 25 heavy (non-hydrogen) atoms. The third-order valence-electron chi connectivity index (χ3n) is 4.96. The minimum Gasteiger partial charge on any atom is -0.375 e. The Hall–Kier alpha value is -1.92. The number of hydrogen-bond acceptors (Lipinski definition) is 4. The summed E-state index contributed by atoms with van der Waals surface area (Å²) in [6.07, 6.45) is 1.96. The lowest BCUT2D eigenvalue weighted by atomic mass is 10.1. The Balaban J connectivity index is 1.43. The summed E-state index contributed by atoms with van der Waals surface area (Å²) in [5.74, 6) is 0.129. The number of morpholine rings is 1. The molecule has 1 aromatic rings. The number of amides is 2. The van der Waals surface area contributed by atoms with Crippen LogP contribution < -0.4 is 10.6 Å². The first-order valence-electron chi connectivity index (χ1n) is 9.10. The Bertz CT molecular complexity index is 593. The van der Waals surface area contributed by atoms with Crippen LogP contribution in [0.3, 0.4) is 0 Å². The molecular weight excluding hydrogens is 318 g/mol. The molecule has 6 heteroatoms. The van der Waals surface area contributed by atoms with Crippen molar-refractivity contribution < 1.29 is 14.3 Å². The second kappa shape index (κ2) is 8.45. The summed E-state index contributed by atoms with van der Waals surface area (Å²) in [7, 11) is 0. The Morgan fingerprint density at radius 2 is 2.12 bits per heavy atom. The summed E-state index contributed by atoms with van der Waals surface area (Å²) >= 11 is 0. The third kappa shape index (κ3) is 4.80. The van der Waals surface area contributed by atoms with E-state index in [0.29, 0.717) is 32.7 Å². The average molecular weight is 345 g/mol. The van der Waals surface area contributed by atoms with Crippen molar-refractivity contribution in [3.8, 4) is 0 Å². The van der Waals surface area contributed by atoms with E-state index in [1.54, 1.807) is 0 Å². The van der Waals surface area contributed by atoms with Gasteiger partial charge in [0.1, 0.15) is 6.04 Å². The predicted octanol–water partition coefficient (Wildman–Crippen LogP) is 0.713. The Kier molecular flexibility index (Phi) is 6.04. The van der Waals surface area contributed by atoms with Crippen molar-refractivity contribution in [2.75, 3.05) is 26.2 Å². The number of likely N-dealkylation sites (tertiary alicyclic amines) is 1. The minimum atomic E-state index is -0.309. The standard InChI is InChI=1S/C19H27N3O3/c1-14-18(20-10-12-25-14)19(24)21-16-9-11-22(13-16)17(23)8-7-15-5-3-2-4-6-15/h2-6,14,16,18,20H,7-13H2,1H3,(H,21,24)/t14-,16?,18+/m1/s1. The number of hydrogen-bond donors (Lipinski definition) is 2. The fourth-order valence-corrected chi connectivity index (χ4v) is 3.48. The van der Waals surface area contributed by atoms with E-state index in [9.17, 15) is 9.59 Å². The summed E-state index contributed by atoms with van der Waals surface area (Å²) < 4.78 is 5.52. The van der Waals surface area contributed by atoms with Crippen LogP contribution in [0.2, 0.25) is 0 Å². The van der Waals surface area contributed by atoms with Gasteiger partial charge in [0.25, 0.3) is 0 Å². The summed E-state index contributed by atoms with van der Waals surface area (Å²) in [5, 5.41) is 6.26. The first kappa shape index (κ1) is 17.9. The van der Waals surface area contributed by atoms with Gasteiger partial charge in [0, 0.05) is 32.1 Å². The van der Waals surface area contributed by atoms with E-state index in [4.69, 9.17) is 4.74 Å². The SMILES string of the molecule is C[C@H]1OCCN[C@@H]1C(=O)NC1CCN(C(=O)CCc2ccccc2)C1. The van der Waals surface area contributed by atoms with Gasteiger partial charge in [-0.05, 0) is 25.3 Å². The molecule has 1 unspecified atom stereocenters. The van der Waals surface area contributed by atoms with Crippen molar-refractivity contribution in [3.63, 3.8) is 0 Å². The molecule has 2 aliphatic rings. The molecule has 3 rings (SSSR count). The van der Waals surface area contributed by atoms with Crippen molar-refractivity contribution in [1.82, 2.24) is 15.5 Å². The molecule has 2 aliphatic heterocycles. The maximum absolute atomic E-state index is 12.4. The summed E-state index contributed by atoms with van der Waals surface area (Å²) in [4.78, 5) is 26.6. The van der Waals surface area contributed by atoms with Gasteiger partial charge in [-0.3, -0.25) is 9.59 Å². The highest BCUT2D eigenvalue weighted by molar-refractivity contribution is 5.83. The van der Waals surface area contributed by atoms with Gasteiger partial charge in [0.2, 0.25) is 11.8 Å². The molecule has 3 atom stereocenters. The molecule has 0 aromatic heterocycles. The second-order valence-corrected chi connectivity index (χ2v) is 6.83. The highest BCUT2D eigenvalue weighted by atomic mass is 16.5. The van der Waals surface area contributed by atoms with Crippen molar-refractivity contribution in [2.24, 2.45) is 0 Å². The van der Waals surface area contributed by atoms with E-state index in [-0.39, 0.29) is 30.0 Å². The van der Waals surface area contributed by atoms with Gasteiger partial charge in [-0.15, -0.1) is 0 Å². The average Bonchev–Trinajstić information content (AvgIpc) is 3.09. The zero-order valence-corrected chi connectivity index (χ0v) is 14.7. The van der Waals surface area contributed by atoms with Crippen molar-refractivity contribution in [2.45, 2.75) is 44.4 Å². The van der Waals surface area contributed by atoms with E-state index in [0.717, 1.165) is 12.8 Å². The van der Waals surface area contributed by atoms with Gasteiger partial charge in [-0.1, -0.05) is 30.3 Å². The van der Waals surface area contributed by atoms with Crippen LogP contribution in [0.25, 0.3) is 0 Å². The van der Waals surface area contributed by atoms with E-state index in [2.05, 4.69) is 10.6 Å². The van der Waals surface area contributed by atoms with E-state index < -0.39 is 0 Å². The Morgan fingerprint density at radius 3 is 2.88 bits per heavy atom. The lowest BCUT2D eigenvalue weighted by Gasteiger charge is -2.30. The van der Waals surface area contributed by atoms with Crippen LogP contribution >= 0.6 is 0 Å². The number of benzene rings is 1. The molecule has 2 fully saturated rings. The maximum atomic E-state index is 12.4. The van der Waals surface area contributed by atoms with Crippen LogP contribution in [0.4, 0.5) is 0 Å². The Morgan fingerprint density at radius 1 is 1.32 bits per heavy atom. The van der Waals surface area contributed by atoms with Crippen LogP contribution in [0.1, 0.15) is 25.3 Å². The molecule has 0 bridgehead atoms. The molecule has 0 spiro atoms. The van der Waals surface area contributed by atoms with E-state index in [1.807, 2.05) is 42.2 Å². The molecule has 2 amide bonds. The second-order valence-electron chi connectivity index (χ2n) is 6.83. The predicted molar refractivity (Wildman–Crippen MR) is 95.1 cm³/mol. The molecule has 2 N–H and O–H groups in total. The normalized spacial score (nSPS) is 26.4. The fraction of sp³-hybridized carbons (Fsp3) is 0.579. The van der Waals surface area contributed by atoms with Gasteiger partial charge >= 0.3 is 0 Å². The number of nitrogens with zero attached hydrogens (tertiary/aromatic N) is 1. The molecule has 2 heterocycles. The summed E-state index contributed by atoms with van der Waals surface area (Å²) in [5.41, 5.74) is 1.18. The van der Waals surface area contributed by atoms with Gasteiger partial charge < -0.3 is 20.3 Å². The van der Waals surface area contributed by atoms with Gasteiger partial charge in [0.15, 0.2) is 0 Å². The largest absolute Gasteiger partial charge is 0.375 e.